The van der Waals surface area contributed by atoms with Gasteiger partial charge in [0.1, 0.15) is 6.04 Å². The van der Waals surface area contributed by atoms with Crippen molar-refractivity contribution in [2.45, 2.75) is 82.3 Å². The fraction of sp³-hybridized carbons (Fsp3) is 0.692. The van der Waals surface area contributed by atoms with Crippen molar-refractivity contribution >= 4 is 5.69 Å². The Morgan fingerprint density at radius 2 is 2.00 bits per heavy atom. The molecule has 1 aromatic rings. The van der Waals surface area contributed by atoms with Crippen molar-refractivity contribution in [2.24, 2.45) is 17.8 Å². The second-order valence-electron chi connectivity index (χ2n) is 11.1. The first kappa shape index (κ1) is 19.3. The summed E-state index contributed by atoms with van der Waals surface area (Å²) in [7, 11) is 2.24. The van der Waals surface area contributed by atoms with E-state index in [0.29, 0.717) is 29.8 Å². The van der Waals surface area contributed by atoms with Crippen molar-refractivity contribution in [3.63, 3.8) is 0 Å². The fourth-order valence-corrected chi connectivity index (χ4v) is 9.42. The molecule has 1 aromatic carbocycles. The molecule has 4 heteroatoms. The average Bonchev–Trinajstić information content (AvgIpc) is 3.11. The number of likely N-dealkylation sites (N-methyl/N-ethyl adjacent to an activating group) is 1. The lowest BCUT2D eigenvalue weighted by Crippen LogP contribution is -2.83. The number of aliphatic hydroxyl groups excluding tert-OH is 2. The van der Waals surface area contributed by atoms with E-state index in [1.807, 2.05) is 0 Å². The summed E-state index contributed by atoms with van der Waals surface area (Å²) in [4.78, 5) is 2.48. The number of fused-ring (bicyclic) bond motifs is 2. The number of allylic oxidation sites excluding steroid dienone is 1. The standard InChI is InChI=1S/C26H37N2O2/c1-5-16-17-13-20-23-26(18-10-6-7-11-19(18)27(23)4)14-21(22(17)24(26)29)28(20,25(16)30)12-8-9-15(2)3/h6-7,9-11,16-17,20-25,29-30H,5,8,12-14H2,1-4H3/q+1/t16-,17+,20-,21-,22+,23-,24+,25+,26+,28+/m0/s1. The maximum absolute atomic E-state index is 12.0. The molecule has 5 bridgehead atoms. The minimum atomic E-state index is -0.293. The van der Waals surface area contributed by atoms with Crippen LogP contribution < -0.4 is 4.90 Å². The molecule has 5 fully saturated rings. The number of benzene rings is 1. The first-order chi connectivity index (χ1) is 14.4. The zero-order chi connectivity index (χ0) is 21.0. The molecular weight excluding hydrogens is 372 g/mol. The zero-order valence-electron chi connectivity index (χ0n) is 18.8. The van der Waals surface area contributed by atoms with E-state index in [9.17, 15) is 10.2 Å². The van der Waals surface area contributed by atoms with Gasteiger partial charge in [-0.25, -0.2) is 0 Å². The van der Waals surface area contributed by atoms with Gasteiger partial charge < -0.3 is 15.1 Å². The van der Waals surface area contributed by atoms with E-state index in [1.165, 1.54) is 16.8 Å². The number of nitrogens with zero attached hydrogens (tertiary/aromatic N) is 2. The molecule has 1 aliphatic carbocycles. The van der Waals surface area contributed by atoms with Crippen molar-refractivity contribution in [3.05, 3.63) is 41.5 Å². The molecule has 5 heterocycles. The molecule has 30 heavy (non-hydrogen) atoms. The molecule has 7 rings (SSSR count). The maximum atomic E-state index is 12.0. The van der Waals surface area contributed by atoms with Crippen LogP contribution in [0.3, 0.4) is 0 Å². The van der Waals surface area contributed by atoms with Crippen LogP contribution in [0, 0.1) is 17.8 Å². The molecule has 1 saturated carbocycles. The van der Waals surface area contributed by atoms with Crippen LogP contribution in [-0.4, -0.2) is 58.7 Å². The smallest absolute Gasteiger partial charge is 0.194 e. The topological polar surface area (TPSA) is 43.7 Å². The summed E-state index contributed by atoms with van der Waals surface area (Å²) >= 11 is 0. The van der Waals surface area contributed by atoms with E-state index in [0.717, 1.165) is 36.7 Å². The highest BCUT2D eigenvalue weighted by Gasteiger charge is 2.82. The number of piperidine rings is 4. The lowest BCUT2D eigenvalue weighted by molar-refractivity contribution is -1.04. The quantitative estimate of drug-likeness (QED) is 0.592. The second-order valence-corrected chi connectivity index (χ2v) is 11.1. The highest BCUT2D eigenvalue weighted by molar-refractivity contribution is 5.66. The van der Waals surface area contributed by atoms with Gasteiger partial charge in [-0.1, -0.05) is 36.8 Å². The normalized spacial score (nSPS) is 49.3. The van der Waals surface area contributed by atoms with Crippen molar-refractivity contribution in [2.75, 3.05) is 18.5 Å². The average molecular weight is 410 g/mol. The summed E-state index contributed by atoms with van der Waals surface area (Å²) in [6, 6.07) is 9.89. The van der Waals surface area contributed by atoms with Crippen LogP contribution >= 0.6 is 0 Å². The Hall–Kier alpha value is -1.36. The van der Waals surface area contributed by atoms with Gasteiger partial charge in [0.15, 0.2) is 6.23 Å². The number of aliphatic hydroxyl groups is 2. The molecule has 6 aliphatic rings. The molecule has 5 aliphatic heterocycles. The van der Waals surface area contributed by atoms with Crippen molar-refractivity contribution in [3.8, 4) is 0 Å². The van der Waals surface area contributed by atoms with Gasteiger partial charge in [-0.05, 0) is 37.8 Å². The summed E-state index contributed by atoms with van der Waals surface area (Å²) in [6.45, 7) is 7.59. The van der Waals surface area contributed by atoms with Gasteiger partial charge in [-0.3, -0.25) is 4.48 Å². The van der Waals surface area contributed by atoms with Gasteiger partial charge in [0.25, 0.3) is 0 Å². The number of hydrogen-bond acceptors (Lipinski definition) is 3. The Balaban J connectivity index is 1.55. The van der Waals surface area contributed by atoms with Gasteiger partial charge >= 0.3 is 0 Å². The van der Waals surface area contributed by atoms with Gasteiger partial charge in [-0.2, -0.15) is 0 Å². The van der Waals surface area contributed by atoms with E-state index in [2.05, 4.69) is 63.1 Å². The van der Waals surface area contributed by atoms with Crippen LogP contribution in [0.15, 0.2) is 35.9 Å². The molecule has 4 saturated heterocycles. The molecule has 0 amide bonds. The number of quaternary nitrogens is 1. The molecule has 0 unspecified atom stereocenters. The zero-order valence-corrected chi connectivity index (χ0v) is 18.8. The van der Waals surface area contributed by atoms with Crippen LogP contribution in [0.25, 0.3) is 0 Å². The molecule has 2 N–H and O–H groups in total. The number of para-hydroxylation sites is 1. The van der Waals surface area contributed by atoms with E-state index in [4.69, 9.17) is 0 Å². The second kappa shape index (κ2) is 6.11. The molecule has 0 radical (unpaired) electrons. The van der Waals surface area contributed by atoms with Crippen LogP contribution in [0.4, 0.5) is 5.69 Å². The molecule has 162 valence electrons. The van der Waals surface area contributed by atoms with Gasteiger partial charge in [0.2, 0.25) is 0 Å². The summed E-state index contributed by atoms with van der Waals surface area (Å²) in [5, 5.41) is 23.9. The third kappa shape index (κ3) is 1.91. The summed E-state index contributed by atoms with van der Waals surface area (Å²) < 4.78 is 0.839. The van der Waals surface area contributed by atoms with Gasteiger partial charge in [0, 0.05) is 43.8 Å². The fourth-order valence-electron chi connectivity index (χ4n) is 9.42. The predicted octanol–water partition coefficient (Wildman–Crippen LogP) is 3.43. The summed E-state index contributed by atoms with van der Waals surface area (Å²) in [5.74, 6) is 1.10. The minimum Gasteiger partial charge on any atom is -0.392 e. The number of anilines is 1. The van der Waals surface area contributed by atoms with E-state index < -0.39 is 0 Å². The van der Waals surface area contributed by atoms with Crippen LogP contribution in [-0.2, 0) is 5.41 Å². The number of rotatable bonds is 4. The Labute approximate surface area is 180 Å². The van der Waals surface area contributed by atoms with Gasteiger partial charge in [-0.15, -0.1) is 0 Å². The minimum absolute atomic E-state index is 0.152. The molecular formula is C26H37N2O2+. The Morgan fingerprint density at radius 1 is 1.23 bits per heavy atom. The Kier molecular flexibility index (Phi) is 3.94. The van der Waals surface area contributed by atoms with E-state index >= 15 is 0 Å². The van der Waals surface area contributed by atoms with Crippen molar-refractivity contribution < 1.29 is 14.7 Å². The molecule has 1 spiro atoms. The Bertz CT molecular complexity index is 910. The third-order valence-corrected chi connectivity index (χ3v) is 10.2. The van der Waals surface area contributed by atoms with E-state index in [-0.39, 0.29) is 23.8 Å². The summed E-state index contributed by atoms with van der Waals surface area (Å²) in [5.41, 5.74) is 3.88. The van der Waals surface area contributed by atoms with Crippen LogP contribution in [0.5, 0.6) is 0 Å². The first-order valence-electron chi connectivity index (χ1n) is 12.1. The third-order valence-electron chi connectivity index (χ3n) is 10.2. The monoisotopic (exact) mass is 409 g/mol. The van der Waals surface area contributed by atoms with Gasteiger partial charge in [0.05, 0.1) is 30.1 Å². The lowest BCUT2D eigenvalue weighted by Gasteiger charge is -2.68. The molecule has 4 nitrogen and oxygen atoms in total. The van der Waals surface area contributed by atoms with Crippen LogP contribution in [0.1, 0.15) is 52.0 Å². The summed E-state index contributed by atoms with van der Waals surface area (Å²) in [6.07, 6.45) is 5.99. The highest BCUT2D eigenvalue weighted by atomic mass is 16.3. The predicted molar refractivity (Wildman–Crippen MR) is 119 cm³/mol. The SMILES string of the molecule is CC[C@H]1[C@H]2C[C@H]3[C@@H]4N(C)c5ccccc5[C@]45C[C@@H]([C@@H]2[C@H]5O)[N@+]3(CCC=C(C)C)[C@@H]1O. The van der Waals surface area contributed by atoms with Crippen LogP contribution in [0.2, 0.25) is 0 Å². The van der Waals surface area contributed by atoms with Crippen molar-refractivity contribution in [1.82, 2.24) is 0 Å². The largest absolute Gasteiger partial charge is 0.392 e. The van der Waals surface area contributed by atoms with E-state index in [1.54, 1.807) is 0 Å². The molecule has 10 atom stereocenters. The Morgan fingerprint density at radius 3 is 2.73 bits per heavy atom. The maximum Gasteiger partial charge on any atom is 0.194 e. The molecule has 0 aromatic heterocycles. The number of hydrogen-bond donors (Lipinski definition) is 2. The highest BCUT2D eigenvalue weighted by Crippen LogP contribution is 2.71. The first-order valence-corrected chi connectivity index (χ1v) is 12.1. The van der Waals surface area contributed by atoms with Crippen molar-refractivity contribution in [1.29, 1.82) is 0 Å². The lowest BCUT2D eigenvalue weighted by atomic mass is 9.60.